The van der Waals surface area contributed by atoms with Crippen LogP contribution in [0.1, 0.15) is 18.9 Å². The maximum atomic E-state index is 5.60. The van der Waals surface area contributed by atoms with E-state index in [2.05, 4.69) is 42.6 Å². The van der Waals surface area contributed by atoms with Crippen molar-refractivity contribution in [2.24, 2.45) is 5.92 Å². The zero-order valence-corrected chi connectivity index (χ0v) is 12.8. The largest absolute Gasteiger partial charge is 0.497 e. The molecule has 2 atom stereocenters. The van der Waals surface area contributed by atoms with Gasteiger partial charge in [0.15, 0.2) is 0 Å². The van der Waals surface area contributed by atoms with E-state index in [1.807, 2.05) is 6.07 Å². The lowest BCUT2D eigenvalue weighted by molar-refractivity contribution is 0.105. The summed E-state index contributed by atoms with van der Waals surface area (Å²) >= 11 is 0. The number of fused-ring (bicyclic) bond motifs is 1. The van der Waals surface area contributed by atoms with Crippen LogP contribution < -0.4 is 10.1 Å². The quantitative estimate of drug-likeness (QED) is 0.913. The predicted octanol–water partition coefficient (Wildman–Crippen LogP) is 3.36. The van der Waals surface area contributed by atoms with Crippen LogP contribution in [0.4, 0.5) is 0 Å². The first-order chi connectivity index (χ1) is 10.3. The molecule has 1 saturated heterocycles. The van der Waals surface area contributed by atoms with Gasteiger partial charge < -0.3 is 14.8 Å². The number of hydrogen-bond donors (Lipinski definition) is 1. The molecule has 112 valence electrons. The second-order valence-electron chi connectivity index (χ2n) is 5.80. The van der Waals surface area contributed by atoms with E-state index in [0.29, 0.717) is 12.0 Å². The molecule has 0 amide bonds. The molecule has 21 heavy (non-hydrogen) atoms. The predicted molar refractivity (Wildman–Crippen MR) is 85.7 cm³/mol. The number of hydrogen-bond acceptors (Lipinski definition) is 3. The van der Waals surface area contributed by atoms with Crippen molar-refractivity contribution in [3.8, 4) is 5.75 Å². The van der Waals surface area contributed by atoms with E-state index in [1.165, 1.54) is 22.8 Å². The zero-order chi connectivity index (χ0) is 14.7. The monoisotopic (exact) mass is 285 g/mol. The van der Waals surface area contributed by atoms with Gasteiger partial charge in [-0.05, 0) is 53.8 Å². The van der Waals surface area contributed by atoms with Crippen molar-refractivity contribution in [1.82, 2.24) is 5.32 Å². The Morgan fingerprint density at radius 3 is 2.76 bits per heavy atom. The van der Waals surface area contributed by atoms with Crippen molar-refractivity contribution < 1.29 is 9.47 Å². The van der Waals surface area contributed by atoms with Gasteiger partial charge in [-0.1, -0.05) is 18.2 Å². The van der Waals surface area contributed by atoms with E-state index in [4.69, 9.17) is 9.47 Å². The Morgan fingerprint density at radius 1 is 1.19 bits per heavy atom. The van der Waals surface area contributed by atoms with E-state index in [0.717, 1.165) is 25.4 Å². The summed E-state index contributed by atoms with van der Waals surface area (Å²) in [5, 5.41) is 6.03. The van der Waals surface area contributed by atoms with Crippen LogP contribution in [0.5, 0.6) is 5.75 Å². The van der Waals surface area contributed by atoms with Gasteiger partial charge in [-0.2, -0.15) is 0 Å². The van der Waals surface area contributed by atoms with E-state index >= 15 is 0 Å². The molecule has 2 unspecified atom stereocenters. The van der Waals surface area contributed by atoms with E-state index in [-0.39, 0.29) is 0 Å². The summed E-state index contributed by atoms with van der Waals surface area (Å²) in [6, 6.07) is 12.8. The molecule has 0 bridgehead atoms. The summed E-state index contributed by atoms with van der Waals surface area (Å²) < 4.78 is 10.9. The van der Waals surface area contributed by atoms with E-state index in [1.54, 1.807) is 7.11 Å². The number of benzene rings is 2. The average molecular weight is 285 g/mol. The lowest BCUT2D eigenvalue weighted by atomic mass is 10.0. The zero-order valence-electron chi connectivity index (χ0n) is 12.8. The van der Waals surface area contributed by atoms with Crippen molar-refractivity contribution in [1.29, 1.82) is 0 Å². The molecular weight excluding hydrogens is 262 g/mol. The van der Waals surface area contributed by atoms with Gasteiger partial charge in [-0.15, -0.1) is 0 Å². The molecule has 2 aromatic carbocycles. The van der Waals surface area contributed by atoms with Crippen LogP contribution in [-0.4, -0.2) is 26.4 Å². The lowest BCUT2D eigenvalue weighted by Gasteiger charge is -2.15. The Balaban J connectivity index is 1.62. The Morgan fingerprint density at radius 2 is 2.00 bits per heavy atom. The highest BCUT2D eigenvalue weighted by Crippen LogP contribution is 2.22. The maximum absolute atomic E-state index is 5.60. The molecule has 0 radical (unpaired) electrons. The van der Waals surface area contributed by atoms with Gasteiger partial charge >= 0.3 is 0 Å². The van der Waals surface area contributed by atoms with Crippen LogP contribution >= 0.6 is 0 Å². The van der Waals surface area contributed by atoms with Crippen LogP contribution in [0.25, 0.3) is 10.8 Å². The molecule has 0 aliphatic carbocycles. The molecule has 1 fully saturated rings. The molecule has 2 aromatic rings. The molecule has 0 saturated carbocycles. The van der Waals surface area contributed by atoms with E-state index < -0.39 is 0 Å². The van der Waals surface area contributed by atoms with Crippen LogP contribution in [0, 0.1) is 5.92 Å². The lowest BCUT2D eigenvalue weighted by Crippen LogP contribution is -2.26. The van der Waals surface area contributed by atoms with Gasteiger partial charge in [0.1, 0.15) is 5.75 Å². The Hall–Kier alpha value is -1.58. The van der Waals surface area contributed by atoms with Crippen molar-refractivity contribution in [3.05, 3.63) is 42.0 Å². The minimum Gasteiger partial charge on any atom is -0.497 e. The van der Waals surface area contributed by atoms with Crippen LogP contribution in [0.3, 0.4) is 0 Å². The summed E-state index contributed by atoms with van der Waals surface area (Å²) in [7, 11) is 1.70. The number of nitrogens with one attached hydrogen (secondary N) is 1. The highest BCUT2D eigenvalue weighted by Gasteiger charge is 2.23. The summed E-state index contributed by atoms with van der Waals surface area (Å²) in [4.78, 5) is 0. The first-order valence-electron chi connectivity index (χ1n) is 7.65. The summed E-state index contributed by atoms with van der Waals surface area (Å²) in [5.74, 6) is 1.55. The van der Waals surface area contributed by atoms with Crippen molar-refractivity contribution in [3.63, 3.8) is 0 Å². The smallest absolute Gasteiger partial charge is 0.119 e. The number of ether oxygens (including phenoxy) is 2. The van der Waals surface area contributed by atoms with Gasteiger partial charge in [0.25, 0.3) is 0 Å². The number of rotatable bonds is 5. The SMILES string of the molecule is COc1ccc2cc(CNCC3CCOC3C)ccc2c1. The summed E-state index contributed by atoms with van der Waals surface area (Å²) in [5.41, 5.74) is 1.32. The maximum Gasteiger partial charge on any atom is 0.119 e. The number of methoxy groups -OCH3 is 1. The second kappa shape index (κ2) is 6.46. The first-order valence-corrected chi connectivity index (χ1v) is 7.65. The van der Waals surface area contributed by atoms with Gasteiger partial charge in [0.2, 0.25) is 0 Å². The summed E-state index contributed by atoms with van der Waals surface area (Å²) in [6.07, 6.45) is 1.56. The minimum absolute atomic E-state index is 0.390. The average Bonchev–Trinajstić information content (AvgIpc) is 2.92. The third kappa shape index (κ3) is 3.36. The summed E-state index contributed by atoms with van der Waals surface area (Å²) in [6.45, 7) is 5.01. The third-order valence-electron chi connectivity index (χ3n) is 4.38. The molecule has 1 aliphatic rings. The highest BCUT2D eigenvalue weighted by molar-refractivity contribution is 5.84. The normalized spacial score (nSPS) is 21.8. The molecule has 3 heteroatoms. The molecule has 0 aromatic heterocycles. The standard InChI is InChI=1S/C18H23NO2/c1-13-17(7-8-21-13)12-19-11-14-3-4-16-10-18(20-2)6-5-15(16)9-14/h3-6,9-10,13,17,19H,7-8,11-12H2,1-2H3. The third-order valence-corrected chi connectivity index (χ3v) is 4.38. The van der Waals surface area contributed by atoms with Crippen LogP contribution in [0.15, 0.2) is 36.4 Å². The molecule has 1 heterocycles. The Kier molecular flexibility index (Phi) is 4.42. The fraction of sp³-hybridized carbons (Fsp3) is 0.444. The first kappa shape index (κ1) is 14.4. The molecule has 0 spiro atoms. The van der Waals surface area contributed by atoms with Crippen molar-refractivity contribution >= 4 is 10.8 Å². The van der Waals surface area contributed by atoms with Gasteiger partial charge in [-0.3, -0.25) is 0 Å². The highest BCUT2D eigenvalue weighted by atomic mass is 16.5. The van der Waals surface area contributed by atoms with Crippen LogP contribution in [0.2, 0.25) is 0 Å². The Bertz CT molecular complexity index is 611. The van der Waals surface area contributed by atoms with Crippen molar-refractivity contribution in [2.75, 3.05) is 20.3 Å². The van der Waals surface area contributed by atoms with E-state index in [9.17, 15) is 0 Å². The van der Waals surface area contributed by atoms with Gasteiger partial charge in [-0.25, -0.2) is 0 Å². The molecule has 3 rings (SSSR count). The van der Waals surface area contributed by atoms with Crippen LogP contribution in [-0.2, 0) is 11.3 Å². The van der Waals surface area contributed by atoms with Gasteiger partial charge in [0.05, 0.1) is 13.2 Å². The topological polar surface area (TPSA) is 30.5 Å². The second-order valence-corrected chi connectivity index (χ2v) is 5.80. The fourth-order valence-electron chi connectivity index (χ4n) is 2.96. The molecule has 3 nitrogen and oxygen atoms in total. The molecule has 1 aliphatic heterocycles. The fourth-order valence-corrected chi connectivity index (χ4v) is 2.96. The minimum atomic E-state index is 0.390. The van der Waals surface area contributed by atoms with Crippen molar-refractivity contribution in [2.45, 2.75) is 26.0 Å². The molecule has 1 N–H and O–H groups in total. The molecular formula is C18H23NO2. The van der Waals surface area contributed by atoms with Gasteiger partial charge in [0, 0.05) is 19.7 Å². The Labute approximate surface area is 126 Å².